The van der Waals surface area contributed by atoms with Crippen LogP contribution in [0.2, 0.25) is 0 Å². The standard InChI is InChI=1S/C16H16F2OS/c1-3-20-12-7-5-11(6-8-12)16(19)13-9-4-10(2)14(17)15(13)18/h4-9,16,19H,3H2,1-2H3. The minimum Gasteiger partial charge on any atom is -0.384 e. The van der Waals surface area contributed by atoms with Crippen LogP contribution in [0.1, 0.15) is 29.7 Å². The predicted molar refractivity (Wildman–Crippen MR) is 78.0 cm³/mol. The van der Waals surface area contributed by atoms with E-state index in [9.17, 15) is 13.9 Å². The molecule has 0 heterocycles. The van der Waals surface area contributed by atoms with Gasteiger partial charge in [0, 0.05) is 10.5 Å². The summed E-state index contributed by atoms with van der Waals surface area (Å²) in [6.07, 6.45) is -1.16. The minimum atomic E-state index is -1.16. The molecule has 1 atom stereocenters. The lowest BCUT2D eigenvalue weighted by Gasteiger charge is -2.14. The van der Waals surface area contributed by atoms with E-state index in [-0.39, 0.29) is 11.1 Å². The normalized spacial score (nSPS) is 12.4. The van der Waals surface area contributed by atoms with Crippen molar-refractivity contribution >= 4 is 11.8 Å². The molecule has 0 radical (unpaired) electrons. The first kappa shape index (κ1) is 15.0. The first-order valence-electron chi connectivity index (χ1n) is 6.40. The molecule has 2 rings (SSSR count). The Morgan fingerprint density at radius 3 is 2.30 bits per heavy atom. The number of rotatable bonds is 4. The molecular weight excluding hydrogens is 278 g/mol. The smallest absolute Gasteiger partial charge is 0.165 e. The second-order valence-electron chi connectivity index (χ2n) is 4.50. The third-order valence-corrected chi connectivity index (χ3v) is 4.00. The molecule has 1 nitrogen and oxygen atoms in total. The topological polar surface area (TPSA) is 20.2 Å². The number of aryl methyl sites for hydroxylation is 1. The highest BCUT2D eigenvalue weighted by Gasteiger charge is 2.19. The third-order valence-electron chi connectivity index (χ3n) is 3.11. The first-order chi connectivity index (χ1) is 9.54. The summed E-state index contributed by atoms with van der Waals surface area (Å²) in [6, 6.07) is 10.1. The van der Waals surface area contributed by atoms with Gasteiger partial charge in [-0.1, -0.05) is 31.2 Å². The molecule has 2 aromatic carbocycles. The zero-order valence-corrected chi connectivity index (χ0v) is 12.2. The van der Waals surface area contributed by atoms with E-state index in [1.54, 1.807) is 23.9 Å². The van der Waals surface area contributed by atoms with Gasteiger partial charge in [0.2, 0.25) is 0 Å². The van der Waals surface area contributed by atoms with Gasteiger partial charge in [0.1, 0.15) is 6.10 Å². The number of aliphatic hydroxyl groups is 1. The maximum Gasteiger partial charge on any atom is 0.165 e. The largest absolute Gasteiger partial charge is 0.384 e. The van der Waals surface area contributed by atoms with Crippen molar-refractivity contribution in [1.82, 2.24) is 0 Å². The molecule has 4 heteroatoms. The average Bonchev–Trinajstić information content (AvgIpc) is 2.45. The Labute approximate surface area is 121 Å². The van der Waals surface area contributed by atoms with Gasteiger partial charge in [-0.25, -0.2) is 8.78 Å². The van der Waals surface area contributed by atoms with Crippen molar-refractivity contribution in [2.75, 3.05) is 5.75 Å². The van der Waals surface area contributed by atoms with Gasteiger partial charge in [-0.3, -0.25) is 0 Å². The number of thioether (sulfide) groups is 1. The van der Waals surface area contributed by atoms with Gasteiger partial charge < -0.3 is 5.11 Å². The molecule has 0 spiro atoms. The van der Waals surface area contributed by atoms with E-state index in [0.29, 0.717) is 5.56 Å². The highest BCUT2D eigenvalue weighted by molar-refractivity contribution is 7.99. The first-order valence-corrected chi connectivity index (χ1v) is 7.38. The summed E-state index contributed by atoms with van der Waals surface area (Å²) in [5, 5.41) is 10.2. The quantitative estimate of drug-likeness (QED) is 0.840. The molecule has 0 bridgehead atoms. The van der Waals surface area contributed by atoms with Crippen molar-refractivity contribution in [3.63, 3.8) is 0 Å². The molecule has 0 aliphatic rings. The Hall–Kier alpha value is -1.39. The van der Waals surface area contributed by atoms with Crippen LogP contribution in [0, 0.1) is 18.6 Å². The summed E-state index contributed by atoms with van der Waals surface area (Å²) in [7, 11) is 0. The Morgan fingerprint density at radius 1 is 1.05 bits per heavy atom. The van der Waals surface area contributed by atoms with Crippen LogP contribution in [0.3, 0.4) is 0 Å². The van der Waals surface area contributed by atoms with Crippen molar-refractivity contribution in [2.45, 2.75) is 24.8 Å². The van der Waals surface area contributed by atoms with Crippen molar-refractivity contribution < 1.29 is 13.9 Å². The van der Waals surface area contributed by atoms with Gasteiger partial charge in [0.15, 0.2) is 11.6 Å². The average molecular weight is 294 g/mol. The number of aliphatic hydroxyl groups excluding tert-OH is 1. The fourth-order valence-electron chi connectivity index (χ4n) is 1.96. The number of benzene rings is 2. The van der Waals surface area contributed by atoms with Crippen molar-refractivity contribution in [3.8, 4) is 0 Å². The van der Waals surface area contributed by atoms with Crippen LogP contribution < -0.4 is 0 Å². The van der Waals surface area contributed by atoms with Gasteiger partial charge in [-0.05, 0) is 35.9 Å². The Balaban J connectivity index is 2.31. The summed E-state index contributed by atoms with van der Waals surface area (Å²) in [5.74, 6) is -0.927. The van der Waals surface area contributed by atoms with E-state index in [1.165, 1.54) is 19.1 Å². The molecule has 20 heavy (non-hydrogen) atoms. The number of hydrogen-bond donors (Lipinski definition) is 1. The molecule has 0 aliphatic heterocycles. The molecular formula is C16H16F2OS. The zero-order chi connectivity index (χ0) is 14.7. The number of hydrogen-bond acceptors (Lipinski definition) is 2. The monoisotopic (exact) mass is 294 g/mol. The van der Waals surface area contributed by atoms with Crippen LogP contribution in [0.25, 0.3) is 0 Å². The lowest BCUT2D eigenvalue weighted by molar-refractivity contribution is 0.213. The molecule has 0 aromatic heterocycles. The fraction of sp³-hybridized carbons (Fsp3) is 0.250. The third kappa shape index (κ3) is 3.02. The Kier molecular flexibility index (Phi) is 4.78. The van der Waals surface area contributed by atoms with Gasteiger partial charge in [-0.2, -0.15) is 0 Å². The lowest BCUT2D eigenvalue weighted by atomic mass is 9.99. The molecule has 0 amide bonds. The zero-order valence-electron chi connectivity index (χ0n) is 11.4. The van der Waals surface area contributed by atoms with Gasteiger partial charge >= 0.3 is 0 Å². The minimum absolute atomic E-state index is 0.0380. The van der Waals surface area contributed by atoms with Crippen LogP contribution in [-0.2, 0) is 0 Å². The molecule has 1 unspecified atom stereocenters. The van der Waals surface area contributed by atoms with E-state index >= 15 is 0 Å². The molecule has 0 saturated carbocycles. The summed E-state index contributed by atoms with van der Waals surface area (Å²) in [4.78, 5) is 1.08. The van der Waals surface area contributed by atoms with Crippen molar-refractivity contribution in [3.05, 3.63) is 64.7 Å². The fourth-order valence-corrected chi connectivity index (χ4v) is 2.63. The van der Waals surface area contributed by atoms with Crippen molar-refractivity contribution in [1.29, 1.82) is 0 Å². The summed E-state index contributed by atoms with van der Waals surface area (Å²) in [5.41, 5.74) is 0.741. The number of halogens is 2. The summed E-state index contributed by atoms with van der Waals surface area (Å²) < 4.78 is 27.4. The predicted octanol–water partition coefficient (Wildman–Crippen LogP) is 4.47. The highest BCUT2D eigenvalue weighted by Crippen LogP contribution is 2.28. The molecule has 1 N–H and O–H groups in total. The molecule has 0 aliphatic carbocycles. The van der Waals surface area contributed by atoms with Gasteiger partial charge in [0.05, 0.1) is 0 Å². The second kappa shape index (κ2) is 6.37. The van der Waals surface area contributed by atoms with Crippen LogP contribution in [0.15, 0.2) is 41.3 Å². The van der Waals surface area contributed by atoms with E-state index in [2.05, 4.69) is 6.92 Å². The van der Waals surface area contributed by atoms with Gasteiger partial charge in [0.25, 0.3) is 0 Å². The van der Waals surface area contributed by atoms with E-state index in [0.717, 1.165) is 10.6 Å². The van der Waals surface area contributed by atoms with Crippen molar-refractivity contribution in [2.24, 2.45) is 0 Å². The van der Waals surface area contributed by atoms with E-state index in [4.69, 9.17) is 0 Å². The maximum atomic E-state index is 13.9. The summed E-state index contributed by atoms with van der Waals surface area (Å²) >= 11 is 1.68. The van der Waals surface area contributed by atoms with Crippen LogP contribution in [0.4, 0.5) is 8.78 Å². The molecule has 106 valence electrons. The molecule has 0 fully saturated rings. The van der Waals surface area contributed by atoms with E-state index < -0.39 is 17.7 Å². The van der Waals surface area contributed by atoms with Crippen LogP contribution >= 0.6 is 11.8 Å². The van der Waals surface area contributed by atoms with E-state index in [1.807, 2.05) is 12.1 Å². The Bertz CT molecular complexity index is 596. The molecule has 0 saturated heterocycles. The highest BCUT2D eigenvalue weighted by atomic mass is 32.2. The second-order valence-corrected chi connectivity index (χ2v) is 5.84. The van der Waals surface area contributed by atoms with Crippen LogP contribution in [-0.4, -0.2) is 10.9 Å². The van der Waals surface area contributed by atoms with Gasteiger partial charge in [-0.15, -0.1) is 11.8 Å². The SMILES string of the molecule is CCSc1ccc(C(O)c2ccc(C)c(F)c2F)cc1. The molecule has 2 aromatic rings. The Morgan fingerprint density at radius 2 is 1.70 bits per heavy atom. The van der Waals surface area contributed by atoms with Crippen LogP contribution in [0.5, 0.6) is 0 Å². The lowest BCUT2D eigenvalue weighted by Crippen LogP contribution is -2.05. The summed E-state index contributed by atoms with van der Waals surface area (Å²) in [6.45, 7) is 3.54. The maximum absolute atomic E-state index is 13.9.